The summed E-state index contributed by atoms with van der Waals surface area (Å²) >= 11 is 0. The highest BCUT2D eigenvalue weighted by atomic mass is 16.7. The van der Waals surface area contributed by atoms with Crippen molar-refractivity contribution in [2.45, 2.75) is 83.3 Å². The number of carbonyl (C=O) groups is 3. The van der Waals surface area contributed by atoms with Gasteiger partial charge in [-0.05, 0) is 58.9 Å². The Bertz CT molecular complexity index is 869. The zero-order valence-corrected chi connectivity index (χ0v) is 19.8. The van der Waals surface area contributed by atoms with Crippen LogP contribution in [0.3, 0.4) is 0 Å². The Labute approximate surface area is 194 Å². The van der Waals surface area contributed by atoms with E-state index in [0.29, 0.717) is 25.7 Å². The first-order valence-electron chi connectivity index (χ1n) is 11.4. The first-order chi connectivity index (χ1) is 15.4. The minimum Gasteiger partial charge on any atom is -0.444 e. The second-order valence-corrected chi connectivity index (χ2v) is 10.0. The molecule has 0 bridgehead atoms. The number of likely N-dealkylation sites (tertiary alicyclic amines) is 1. The topological polar surface area (TPSA) is 122 Å². The normalized spacial score (nSPS) is 24.5. The lowest BCUT2D eigenvalue weighted by molar-refractivity contribution is -0.241. The number of carbonyl (C=O) groups excluding carboxylic acids is 3. The minimum absolute atomic E-state index is 0.254. The van der Waals surface area contributed by atoms with E-state index in [9.17, 15) is 19.5 Å². The Kier molecular flexibility index (Phi) is 7.33. The highest BCUT2D eigenvalue weighted by molar-refractivity contribution is 5.95. The van der Waals surface area contributed by atoms with Crippen LogP contribution in [0.25, 0.3) is 0 Å². The molecule has 2 unspecified atom stereocenters. The third kappa shape index (κ3) is 5.47. The first-order valence-corrected chi connectivity index (χ1v) is 11.4. The predicted molar refractivity (Wildman–Crippen MR) is 120 cm³/mol. The zero-order chi connectivity index (χ0) is 24.4. The van der Waals surface area contributed by atoms with E-state index >= 15 is 0 Å². The molecule has 33 heavy (non-hydrogen) atoms. The largest absolute Gasteiger partial charge is 0.444 e. The molecule has 2 aliphatic rings. The van der Waals surface area contributed by atoms with E-state index in [1.54, 1.807) is 20.8 Å². The SMILES string of the molecule is C[C@@H](O)[C@H](CCC1CCC2(CN(OCc3ccccc3)C2=O)N1C(=O)OC(C)(C)C)C(N)=O. The number of aliphatic hydroxyl groups is 1. The fourth-order valence-corrected chi connectivity index (χ4v) is 4.62. The number of rotatable bonds is 8. The fraction of sp³-hybridized carbons (Fsp3) is 0.625. The second-order valence-electron chi connectivity index (χ2n) is 10.0. The van der Waals surface area contributed by atoms with E-state index in [1.165, 1.54) is 16.9 Å². The van der Waals surface area contributed by atoms with Crippen LogP contribution < -0.4 is 5.73 Å². The van der Waals surface area contributed by atoms with Gasteiger partial charge in [-0.2, -0.15) is 0 Å². The van der Waals surface area contributed by atoms with Crippen molar-refractivity contribution in [2.75, 3.05) is 6.54 Å². The Morgan fingerprint density at radius 3 is 2.48 bits per heavy atom. The van der Waals surface area contributed by atoms with Gasteiger partial charge in [0.15, 0.2) is 0 Å². The number of amides is 3. The van der Waals surface area contributed by atoms with Crippen molar-refractivity contribution < 1.29 is 29.1 Å². The van der Waals surface area contributed by atoms with Gasteiger partial charge in [0.2, 0.25) is 5.91 Å². The number of primary amides is 1. The van der Waals surface area contributed by atoms with Crippen molar-refractivity contribution in [3.63, 3.8) is 0 Å². The number of hydroxylamine groups is 2. The van der Waals surface area contributed by atoms with Crippen molar-refractivity contribution in [1.29, 1.82) is 0 Å². The van der Waals surface area contributed by atoms with Gasteiger partial charge in [-0.1, -0.05) is 30.3 Å². The molecule has 3 rings (SSSR count). The van der Waals surface area contributed by atoms with Gasteiger partial charge in [0.05, 0.1) is 18.6 Å². The second kappa shape index (κ2) is 9.69. The molecule has 2 fully saturated rings. The number of nitrogens with zero attached hydrogens (tertiary/aromatic N) is 2. The van der Waals surface area contributed by atoms with E-state index in [-0.39, 0.29) is 25.1 Å². The van der Waals surface area contributed by atoms with E-state index in [4.69, 9.17) is 15.3 Å². The fourth-order valence-electron chi connectivity index (χ4n) is 4.62. The Hall–Kier alpha value is -2.65. The molecule has 9 heteroatoms. The van der Waals surface area contributed by atoms with Gasteiger partial charge in [-0.25, -0.2) is 9.86 Å². The van der Waals surface area contributed by atoms with Crippen LogP contribution in [0.15, 0.2) is 30.3 Å². The van der Waals surface area contributed by atoms with Crippen molar-refractivity contribution in [2.24, 2.45) is 11.7 Å². The number of hydrogen-bond donors (Lipinski definition) is 2. The molecule has 182 valence electrons. The third-order valence-corrected chi connectivity index (χ3v) is 6.33. The Morgan fingerprint density at radius 1 is 1.27 bits per heavy atom. The lowest BCUT2D eigenvalue weighted by Gasteiger charge is -2.50. The number of benzene rings is 1. The average Bonchev–Trinajstić information content (AvgIpc) is 3.11. The zero-order valence-electron chi connectivity index (χ0n) is 19.8. The van der Waals surface area contributed by atoms with Gasteiger partial charge in [0, 0.05) is 6.04 Å². The molecule has 2 aliphatic heterocycles. The molecular weight excluding hydrogens is 426 g/mol. The van der Waals surface area contributed by atoms with E-state index < -0.39 is 35.2 Å². The molecule has 0 radical (unpaired) electrons. The van der Waals surface area contributed by atoms with Gasteiger partial charge in [0.25, 0.3) is 5.91 Å². The molecule has 2 saturated heterocycles. The molecule has 9 nitrogen and oxygen atoms in total. The summed E-state index contributed by atoms with van der Waals surface area (Å²) in [6.45, 7) is 7.36. The van der Waals surface area contributed by atoms with Crippen LogP contribution in [0.2, 0.25) is 0 Å². The van der Waals surface area contributed by atoms with Crippen LogP contribution in [0.5, 0.6) is 0 Å². The van der Waals surface area contributed by atoms with Crippen LogP contribution in [0.4, 0.5) is 4.79 Å². The van der Waals surface area contributed by atoms with Crippen molar-refractivity contribution >= 4 is 17.9 Å². The quantitative estimate of drug-likeness (QED) is 0.573. The lowest BCUT2D eigenvalue weighted by atomic mass is 9.88. The predicted octanol–water partition coefficient (Wildman–Crippen LogP) is 2.36. The number of ether oxygens (including phenoxy) is 1. The standard InChI is InChI=1S/C24H35N3O6/c1-16(28)19(20(25)29)11-10-18-12-13-24(27(18)22(31)33-23(2,3)4)15-26(21(24)30)32-14-17-8-6-5-7-9-17/h5-9,16,18-19,28H,10-15H2,1-4H3,(H2,25,29)/t16-,18?,19+,24?/m1/s1. The number of aliphatic hydroxyl groups excluding tert-OH is 1. The maximum Gasteiger partial charge on any atom is 0.411 e. The third-order valence-electron chi connectivity index (χ3n) is 6.33. The van der Waals surface area contributed by atoms with Crippen LogP contribution in [0.1, 0.15) is 58.9 Å². The smallest absolute Gasteiger partial charge is 0.411 e. The maximum absolute atomic E-state index is 13.2. The molecule has 3 amide bonds. The van der Waals surface area contributed by atoms with Crippen LogP contribution >= 0.6 is 0 Å². The highest BCUT2D eigenvalue weighted by Crippen LogP contribution is 2.44. The Balaban J connectivity index is 1.73. The van der Waals surface area contributed by atoms with Crippen LogP contribution in [0, 0.1) is 5.92 Å². The van der Waals surface area contributed by atoms with E-state index in [1.807, 2.05) is 30.3 Å². The Morgan fingerprint density at radius 2 is 1.94 bits per heavy atom. The summed E-state index contributed by atoms with van der Waals surface area (Å²) in [4.78, 5) is 45.3. The molecule has 0 saturated carbocycles. The molecular formula is C24H35N3O6. The summed E-state index contributed by atoms with van der Waals surface area (Å²) in [6.07, 6.45) is 0.362. The molecule has 0 aliphatic carbocycles. The summed E-state index contributed by atoms with van der Waals surface area (Å²) < 4.78 is 5.63. The van der Waals surface area contributed by atoms with Gasteiger partial charge >= 0.3 is 6.09 Å². The lowest BCUT2D eigenvalue weighted by Crippen LogP contribution is -2.73. The molecule has 3 N–H and O–H groups in total. The summed E-state index contributed by atoms with van der Waals surface area (Å²) in [5.41, 5.74) is 4.63. The monoisotopic (exact) mass is 461 g/mol. The van der Waals surface area contributed by atoms with Gasteiger partial charge in [-0.3, -0.25) is 19.3 Å². The van der Waals surface area contributed by atoms with E-state index in [0.717, 1.165) is 5.56 Å². The van der Waals surface area contributed by atoms with Crippen molar-refractivity contribution in [3.05, 3.63) is 35.9 Å². The summed E-state index contributed by atoms with van der Waals surface area (Å²) in [5.74, 6) is -1.57. The van der Waals surface area contributed by atoms with E-state index in [2.05, 4.69) is 0 Å². The first kappa shape index (κ1) is 25.0. The maximum atomic E-state index is 13.2. The van der Waals surface area contributed by atoms with Crippen molar-refractivity contribution in [1.82, 2.24) is 9.96 Å². The average molecular weight is 462 g/mol. The summed E-state index contributed by atoms with van der Waals surface area (Å²) in [6, 6.07) is 9.23. The molecule has 0 aromatic heterocycles. The van der Waals surface area contributed by atoms with Crippen LogP contribution in [-0.4, -0.2) is 62.8 Å². The van der Waals surface area contributed by atoms with Gasteiger partial charge in [-0.15, -0.1) is 0 Å². The summed E-state index contributed by atoms with van der Waals surface area (Å²) in [5, 5.41) is 11.2. The van der Waals surface area contributed by atoms with Crippen LogP contribution in [-0.2, 0) is 25.8 Å². The molecule has 2 heterocycles. The molecule has 1 aromatic carbocycles. The number of hydrogen-bond acceptors (Lipinski definition) is 6. The van der Waals surface area contributed by atoms with Gasteiger partial charge < -0.3 is 15.6 Å². The number of nitrogens with two attached hydrogens (primary N) is 1. The molecule has 1 aromatic rings. The van der Waals surface area contributed by atoms with Gasteiger partial charge in [0.1, 0.15) is 17.7 Å². The molecule has 1 spiro atoms. The minimum atomic E-state index is -1.02. The van der Waals surface area contributed by atoms with Crippen molar-refractivity contribution in [3.8, 4) is 0 Å². The summed E-state index contributed by atoms with van der Waals surface area (Å²) in [7, 11) is 0. The number of β-lactam (4-membered cyclic amide) rings is 1. The highest BCUT2D eigenvalue weighted by Gasteiger charge is 2.64. The molecule has 4 atom stereocenters.